The molecule has 2 atom stereocenters. The van der Waals surface area contributed by atoms with E-state index in [0.29, 0.717) is 6.54 Å². The van der Waals surface area contributed by atoms with E-state index in [-0.39, 0.29) is 6.04 Å². The summed E-state index contributed by atoms with van der Waals surface area (Å²) in [5.74, 6) is 0.945. The molecule has 2 aromatic heterocycles. The predicted molar refractivity (Wildman–Crippen MR) is 94.8 cm³/mol. The second-order valence-corrected chi connectivity index (χ2v) is 6.57. The number of nitrogens with one attached hydrogen (secondary N) is 1. The predicted octanol–water partition coefficient (Wildman–Crippen LogP) is 3.29. The molecule has 3 aromatic rings. The zero-order valence-electron chi connectivity index (χ0n) is 14.7. The summed E-state index contributed by atoms with van der Waals surface area (Å²) >= 11 is 0. The molecule has 24 heavy (non-hydrogen) atoms. The van der Waals surface area contributed by atoms with Crippen LogP contribution in [0.1, 0.15) is 43.7 Å². The van der Waals surface area contributed by atoms with Crippen molar-refractivity contribution in [3.8, 4) is 0 Å². The second kappa shape index (κ2) is 6.42. The van der Waals surface area contributed by atoms with Crippen LogP contribution < -0.4 is 5.32 Å². The molecule has 0 fully saturated rings. The molecule has 5 heteroatoms. The van der Waals surface area contributed by atoms with Gasteiger partial charge in [0.2, 0.25) is 0 Å². The van der Waals surface area contributed by atoms with E-state index in [2.05, 4.69) is 30.3 Å². The summed E-state index contributed by atoms with van der Waals surface area (Å²) in [6.45, 7) is 6.42. The molecular formula is C19H25N3O2. The third-order valence-electron chi connectivity index (χ3n) is 4.56. The highest BCUT2D eigenvalue weighted by Gasteiger charge is 2.26. The van der Waals surface area contributed by atoms with Gasteiger partial charge in [0.1, 0.15) is 16.9 Å². The maximum absolute atomic E-state index is 10.7. The van der Waals surface area contributed by atoms with E-state index in [1.807, 2.05) is 31.4 Å². The molecule has 0 saturated carbocycles. The molecule has 1 aromatic carbocycles. The molecule has 0 aliphatic carbocycles. The Morgan fingerprint density at radius 2 is 2.12 bits per heavy atom. The first-order valence-corrected chi connectivity index (χ1v) is 8.37. The molecule has 2 unspecified atom stereocenters. The van der Waals surface area contributed by atoms with Crippen LogP contribution in [0.5, 0.6) is 0 Å². The van der Waals surface area contributed by atoms with Gasteiger partial charge in [0, 0.05) is 36.3 Å². The van der Waals surface area contributed by atoms with Gasteiger partial charge in [0.25, 0.3) is 0 Å². The van der Waals surface area contributed by atoms with Crippen LogP contribution in [0.25, 0.3) is 11.0 Å². The Kier molecular flexibility index (Phi) is 4.47. The van der Waals surface area contributed by atoms with Gasteiger partial charge in [-0.25, -0.2) is 0 Å². The molecule has 0 spiro atoms. The molecule has 2 N–H and O–H groups in total. The van der Waals surface area contributed by atoms with Crippen molar-refractivity contribution in [3.63, 3.8) is 0 Å². The summed E-state index contributed by atoms with van der Waals surface area (Å²) in [5, 5.41) is 19.4. The Morgan fingerprint density at radius 3 is 2.79 bits per heavy atom. The number of aryl methyl sites for hydroxylation is 2. The van der Waals surface area contributed by atoms with Crippen LogP contribution in [-0.4, -0.2) is 21.4 Å². The number of fused-ring (bicyclic) bond motifs is 1. The number of furan rings is 1. The van der Waals surface area contributed by atoms with Gasteiger partial charge in [0.15, 0.2) is 0 Å². The number of rotatable bonds is 6. The largest absolute Gasteiger partial charge is 0.459 e. The molecule has 3 rings (SSSR count). The fourth-order valence-corrected chi connectivity index (χ4v) is 3.08. The molecule has 5 nitrogen and oxygen atoms in total. The highest BCUT2D eigenvalue weighted by atomic mass is 16.3. The minimum absolute atomic E-state index is 0.00972. The average Bonchev–Trinajstić information content (AvgIpc) is 3.16. The summed E-state index contributed by atoms with van der Waals surface area (Å²) in [4.78, 5) is 0. The molecule has 128 valence electrons. The van der Waals surface area contributed by atoms with Gasteiger partial charge in [-0.2, -0.15) is 5.10 Å². The fraction of sp³-hybridized carbons (Fsp3) is 0.421. The first-order chi connectivity index (χ1) is 11.4. The minimum Gasteiger partial charge on any atom is -0.459 e. The Bertz CT molecular complexity index is 832. The van der Waals surface area contributed by atoms with Crippen LogP contribution >= 0.6 is 0 Å². The quantitative estimate of drug-likeness (QED) is 0.729. The SMILES string of the molecule is CCc1c(C(C)NCC(C)(O)c2cnn(C)c2)oc2ccccc12. The standard InChI is InChI=1S/C19H25N3O2/c1-5-15-16-8-6-7-9-17(16)24-18(15)13(2)20-12-19(3,23)14-10-21-22(4)11-14/h6-11,13,20,23H,5,12H2,1-4H3. The third kappa shape index (κ3) is 3.09. The Balaban J connectivity index is 1.79. The fourth-order valence-electron chi connectivity index (χ4n) is 3.08. The summed E-state index contributed by atoms with van der Waals surface area (Å²) < 4.78 is 7.76. The first-order valence-electron chi connectivity index (χ1n) is 8.37. The molecule has 0 aliphatic rings. The van der Waals surface area contributed by atoms with E-state index in [1.54, 1.807) is 17.8 Å². The zero-order chi connectivity index (χ0) is 17.3. The third-order valence-corrected chi connectivity index (χ3v) is 4.56. The van der Waals surface area contributed by atoms with Crippen LogP contribution in [-0.2, 0) is 19.1 Å². The topological polar surface area (TPSA) is 63.2 Å². The van der Waals surface area contributed by atoms with Gasteiger partial charge in [-0.05, 0) is 26.3 Å². The van der Waals surface area contributed by atoms with Crippen LogP contribution in [0.4, 0.5) is 0 Å². The maximum atomic E-state index is 10.7. The van der Waals surface area contributed by atoms with Crippen molar-refractivity contribution < 1.29 is 9.52 Å². The van der Waals surface area contributed by atoms with Gasteiger partial charge in [-0.1, -0.05) is 25.1 Å². The van der Waals surface area contributed by atoms with E-state index in [9.17, 15) is 5.11 Å². The summed E-state index contributed by atoms with van der Waals surface area (Å²) in [6, 6.07) is 8.12. The monoisotopic (exact) mass is 327 g/mol. The summed E-state index contributed by atoms with van der Waals surface area (Å²) in [6.07, 6.45) is 4.45. The van der Waals surface area contributed by atoms with Crippen molar-refractivity contribution in [3.05, 3.63) is 53.5 Å². The van der Waals surface area contributed by atoms with E-state index in [4.69, 9.17) is 4.42 Å². The van der Waals surface area contributed by atoms with Gasteiger partial charge in [0.05, 0.1) is 12.2 Å². The summed E-state index contributed by atoms with van der Waals surface area (Å²) in [7, 11) is 1.84. The molecule has 2 heterocycles. The van der Waals surface area contributed by atoms with Crippen molar-refractivity contribution in [2.45, 2.75) is 38.8 Å². The van der Waals surface area contributed by atoms with Gasteiger partial charge in [-0.15, -0.1) is 0 Å². The van der Waals surface area contributed by atoms with Crippen LogP contribution in [0.3, 0.4) is 0 Å². The average molecular weight is 327 g/mol. The smallest absolute Gasteiger partial charge is 0.134 e. The molecular weight excluding hydrogens is 302 g/mol. The van der Waals surface area contributed by atoms with E-state index < -0.39 is 5.60 Å². The van der Waals surface area contributed by atoms with Crippen LogP contribution in [0.2, 0.25) is 0 Å². The Morgan fingerprint density at radius 1 is 1.38 bits per heavy atom. The van der Waals surface area contributed by atoms with Gasteiger partial charge < -0.3 is 14.8 Å². The lowest BCUT2D eigenvalue weighted by atomic mass is 9.98. The lowest BCUT2D eigenvalue weighted by Crippen LogP contribution is -2.36. The van der Waals surface area contributed by atoms with Crippen molar-refractivity contribution >= 4 is 11.0 Å². The first kappa shape index (κ1) is 16.7. The number of hydrogen-bond donors (Lipinski definition) is 2. The number of para-hydroxylation sites is 1. The zero-order valence-corrected chi connectivity index (χ0v) is 14.7. The maximum Gasteiger partial charge on any atom is 0.134 e. The lowest BCUT2D eigenvalue weighted by Gasteiger charge is -2.24. The van der Waals surface area contributed by atoms with Gasteiger partial charge >= 0.3 is 0 Å². The molecule has 0 bridgehead atoms. The highest BCUT2D eigenvalue weighted by molar-refractivity contribution is 5.82. The Labute approximate surface area is 142 Å². The van der Waals surface area contributed by atoms with E-state index in [1.165, 1.54) is 10.9 Å². The molecule has 0 aliphatic heterocycles. The molecule has 0 amide bonds. The molecule has 0 radical (unpaired) electrons. The van der Waals surface area contributed by atoms with Crippen molar-refractivity contribution in [2.75, 3.05) is 6.54 Å². The van der Waals surface area contributed by atoms with Crippen molar-refractivity contribution in [1.29, 1.82) is 0 Å². The number of benzene rings is 1. The normalized spacial score (nSPS) is 15.5. The molecule has 0 saturated heterocycles. The van der Waals surface area contributed by atoms with Crippen LogP contribution in [0.15, 0.2) is 41.1 Å². The van der Waals surface area contributed by atoms with E-state index >= 15 is 0 Å². The van der Waals surface area contributed by atoms with E-state index in [0.717, 1.165) is 23.3 Å². The lowest BCUT2D eigenvalue weighted by molar-refractivity contribution is 0.0536. The van der Waals surface area contributed by atoms with Crippen LogP contribution in [0, 0.1) is 0 Å². The minimum atomic E-state index is -0.985. The second-order valence-electron chi connectivity index (χ2n) is 6.57. The number of hydrogen-bond acceptors (Lipinski definition) is 4. The highest BCUT2D eigenvalue weighted by Crippen LogP contribution is 2.31. The Hall–Kier alpha value is -2.11. The number of aromatic nitrogens is 2. The number of nitrogens with zero attached hydrogens (tertiary/aromatic N) is 2. The van der Waals surface area contributed by atoms with Gasteiger partial charge in [-0.3, -0.25) is 4.68 Å². The van der Waals surface area contributed by atoms with Crippen molar-refractivity contribution in [2.24, 2.45) is 7.05 Å². The van der Waals surface area contributed by atoms with Crippen molar-refractivity contribution in [1.82, 2.24) is 15.1 Å². The number of aliphatic hydroxyl groups is 1. The summed E-state index contributed by atoms with van der Waals surface area (Å²) in [5.41, 5.74) is 1.95.